The smallest absolute Gasteiger partial charge is 0.450 e. The first-order chi connectivity index (χ1) is 4.27. The maximum absolute atomic E-state index is 11.0. The monoisotopic (exact) mass is 138 g/mol. The fraction of sp³-hybridized carbons (Fsp3) is 0.800. The normalized spacial score (nSPS) is 7.00. The summed E-state index contributed by atoms with van der Waals surface area (Å²) in [7, 11) is 0. The molecule has 0 aliphatic carbocycles. The molecule has 0 aliphatic heterocycles. The van der Waals surface area contributed by atoms with E-state index < -0.39 is 12.8 Å². The summed E-state index contributed by atoms with van der Waals surface area (Å²) in [5.41, 5.74) is 0. The van der Waals surface area contributed by atoms with E-state index in [9.17, 15) is 9.18 Å². The van der Waals surface area contributed by atoms with Crippen LogP contribution < -0.4 is 0 Å². The zero-order valence-corrected chi connectivity index (χ0v) is 5.56. The average molecular weight is 138 g/mol. The van der Waals surface area contributed by atoms with Crippen LogP contribution in [-0.2, 0) is 4.74 Å². The highest BCUT2D eigenvalue weighted by Gasteiger charge is 1.91. The number of rotatable bonds is 2. The van der Waals surface area contributed by atoms with Crippen LogP contribution in [0.2, 0.25) is 0 Å². The molecule has 56 valence electrons. The highest BCUT2D eigenvalue weighted by Crippen LogP contribution is 1.74. The Morgan fingerprint density at radius 1 is 1.67 bits per heavy atom. The lowest BCUT2D eigenvalue weighted by atomic mass is 10.8. The Balaban J connectivity index is 0. The first-order valence-corrected chi connectivity index (χ1v) is 2.69. The summed E-state index contributed by atoms with van der Waals surface area (Å²) in [5.74, 6) is 0. The summed E-state index contributed by atoms with van der Waals surface area (Å²) in [4.78, 5) is 9.37. The first-order valence-electron chi connectivity index (χ1n) is 2.69. The van der Waals surface area contributed by atoms with Crippen LogP contribution in [0.1, 0.15) is 13.8 Å². The molecule has 0 aromatic carbocycles. The van der Waals surface area contributed by atoms with Gasteiger partial charge in [0.1, 0.15) is 13.3 Å². The summed E-state index contributed by atoms with van der Waals surface area (Å²) < 4.78 is 14.7. The highest BCUT2D eigenvalue weighted by molar-refractivity contribution is 5.56. The van der Waals surface area contributed by atoms with Gasteiger partial charge in [0, 0.05) is 0 Å². The van der Waals surface area contributed by atoms with Crippen LogP contribution in [-0.4, -0.2) is 24.5 Å². The molecule has 0 fully saturated rings. The van der Waals surface area contributed by atoms with Gasteiger partial charge < -0.3 is 9.84 Å². The van der Waals surface area contributed by atoms with Crippen molar-refractivity contribution in [3.05, 3.63) is 0 Å². The van der Waals surface area contributed by atoms with Gasteiger partial charge in [0.05, 0.1) is 0 Å². The number of hydrogen-bond donors (Lipinski definition) is 1. The number of carbonyl (C=O) groups is 1. The third kappa shape index (κ3) is 19.0. The zero-order chi connectivity index (χ0) is 7.70. The second-order valence-electron chi connectivity index (χ2n) is 0.803. The zero-order valence-electron chi connectivity index (χ0n) is 5.56. The summed E-state index contributed by atoms with van der Waals surface area (Å²) in [6.45, 7) is 2.88. The van der Waals surface area contributed by atoms with Crippen molar-refractivity contribution in [3.63, 3.8) is 0 Å². The van der Waals surface area contributed by atoms with E-state index >= 15 is 0 Å². The van der Waals surface area contributed by atoms with E-state index in [1.807, 2.05) is 13.8 Å². The van der Waals surface area contributed by atoms with Crippen molar-refractivity contribution in [2.45, 2.75) is 13.8 Å². The molecule has 0 radical (unpaired) electrons. The van der Waals surface area contributed by atoms with Crippen LogP contribution in [0.4, 0.5) is 9.18 Å². The molecule has 0 saturated carbocycles. The molecule has 0 atom stereocenters. The van der Waals surface area contributed by atoms with Gasteiger partial charge in [0.25, 0.3) is 0 Å². The second kappa shape index (κ2) is 10.2. The molecule has 4 heteroatoms. The van der Waals surface area contributed by atoms with Crippen molar-refractivity contribution in [1.29, 1.82) is 0 Å². The van der Waals surface area contributed by atoms with E-state index in [2.05, 4.69) is 4.74 Å². The summed E-state index contributed by atoms with van der Waals surface area (Å²) >= 11 is 0. The Kier molecular flexibility index (Phi) is 12.6. The van der Waals surface area contributed by atoms with E-state index in [1.165, 1.54) is 0 Å². The van der Waals surface area contributed by atoms with Gasteiger partial charge in [-0.05, 0) is 0 Å². The molecule has 9 heavy (non-hydrogen) atoms. The van der Waals surface area contributed by atoms with Gasteiger partial charge in [0.2, 0.25) is 0 Å². The predicted octanol–water partition coefficient (Wildman–Crippen LogP) is 1.68. The van der Waals surface area contributed by atoms with E-state index in [0.717, 1.165) is 0 Å². The van der Waals surface area contributed by atoms with Crippen LogP contribution in [0.3, 0.4) is 0 Å². The third-order valence-electron chi connectivity index (χ3n) is 0.303. The molecular weight excluding hydrogens is 127 g/mol. The minimum atomic E-state index is -1.43. The van der Waals surface area contributed by atoms with Gasteiger partial charge in [-0.2, -0.15) is 0 Å². The van der Waals surface area contributed by atoms with Crippen LogP contribution in [0, 0.1) is 0 Å². The van der Waals surface area contributed by atoms with Gasteiger partial charge in [-0.1, -0.05) is 13.8 Å². The molecular formula is C5H11FO3. The lowest BCUT2D eigenvalue weighted by Crippen LogP contribution is -2.02. The standard InChI is InChI=1S/C3H5FO3.C2H6/c4-1-2-7-3(5)6;1-2/h1-2H2,(H,5,6);1-2H3. The van der Waals surface area contributed by atoms with Crippen LogP contribution >= 0.6 is 0 Å². The van der Waals surface area contributed by atoms with Crippen molar-refractivity contribution in [1.82, 2.24) is 0 Å². The third-order valence-corrected chi connectivity index (χ3v) is 0.303. The lowest BCUT2D eigenvalue weighted by Gasteiger charge is -1.90. The number of halogens is 1. The van der Waals surface area contributed by atoms with Gasteiger partial charge >= 0.3 is 6.16 Å². The maximum Gasteiger partial charge on any atom is 0.505 e. The maximum atomic E-state index is 11.0. The second-order valence-corrected chi connectivity index (χ2v) is 0.803. The molecule has 0 unspecified atom stereocenters. The van der Waals surface area contributed by atoms with Crippen LogP contribution in [0.25, 0.3) is 0 Å². The summed E-state index contributed by atoms with van der Waals surface area (Å²) in [5, 5.41) is 7.66. The number of ether oxygens (including phenoxy) is 1. The first kappa shape index (κ1) is 11.1. The SMILES string of the molecule is CC.O=C(O)OCCF. The summed E-state index contributed by atoms with van der Waals surface area (Å²) in [6.07, 6.45) is -1.43. The molecule has 1 N–H and O–H groups in total. The molecule has 0 saturated heterocycles. The predicted molar refractivity (Wildman–Crippen MR) is 31.3 cm³/mol. The van der Waals surface area contributed by atoms with E-state index in [-0.39, 0.29) is 6.61 Å². The fourth-order valence-corrected chi connectivity index (χ4v) is 0.126. The van der Waals surface area contributed by atoms with Crippen molar-refractivity contribution >= 4 is 6.16 Å². The van der Waals surface area contributed by atoms with Gasteiger partial charge in [-0.25, -0.2) is 9.18 Å². The topological polar surface area (TPSA) is 46.5 Å². The fourth-order valence-electron chi connectivity index (χ4n) is 0.126. The molecule has 0 aromatic rings. The molecule has 0 amide bonds. The van der Waals surface area contributed by atoms with Gasteiger partial charge in [-0.3, -0.25) is 0 Å². The molecule has 3 nitrogen and oxygen atoms in total. The quantitative estimate of drug-likeness (QED) is 0.590. The largest absolute Gasteiger partial charge is 0.505 e. The molecule has 0 heterocycles. The molecule has 0 spiro atoms. The van der Waals surface area contributed by atoms with E-state index in [1.54, 1.807) is 0 Å². The van der Waals surface area contributed by atoms with Crippen LogP contribution in [0.15, 0.2) is 0 Å². The Bertz CT molecular complexity index is 65.2. The Labute approximate surface area is 53.4 Å². The Morgan fingerprint density at radius 2 is 2.11 bits per heavy atom. The van der Waals surface area contributed by atoms with Crippen LogP contribution in [0.5, 0.6) is 0 Å². The van der Waals surface area contributed by atoms with Crippen molar-refractivity contribution < 1.29 is 19.0 Å². The highest BCUT2D eigenvalue weighted by atomic mass is 19.1. The molecule has 0 aliphatic rings. The Hall–Kier alpha value is -0.800. The number of alkyl halides is 1. The van der Waals surface area contributed by atoms with Crippen molar-refractivity contribution in [3.8, 4) is 0 Å². The van der Waals surface area contributed by atoms with Gasteiger partial charge in [0.15, 0.2) is 0 Å². The minimum absolute atomic E-state index is 0.366. The molecule has 0 rings (SSSR count). The molecule has 0 aromatic heterocycles. The number of hydrogen-bond acceptors (Lipinski definition) is 2. The summed E-state index contributed by atoms with van der Waals surface area (Å²) in [6, 6.07) is 0. The Morgan fingerprint density at radius 3 is 2.22 bits per heavy atom. The van der Waals surface area contributed by atoms with E-state index in [0.29, 0.717) is 0 Å². The minimum Gasteiger partial charge on any atom is -0.450 e. The average Bonchev–Trinajstić information content (AvgIpc) is 1.88. The van der Waals surface area contributed by atoms with E-state index in [4.69, 9.17) is 5.11 Å². The lowest BCUT2D eigenvalue weighted by molar-refractivity contribution is 0.0858. The van der Waals surface area contributed by atoms with Crippen molar-refractivity contribution in [2.75, 3.05) is 13.3 Å². The molecule has 0 bridgehead atoms. The van der Waals surface area contributed by atoms with Gasteiger partial charge in [-0.15, -0.1) is 0 Å². The number of carboxylic acid groups (broad SMARTS) is 1. The van der Waals surface area contributed by atoms with Crippen molar-refractivity contribution in [2.24, 2.45) is 0 Å².